The van der Waals surface area contributed by atoms with Crippen LogP contribution in [0.15, 0.2) is 73.3 Å². The Morgan fingerprint density at radius 2 is 1.88 bits per heavy atom. The lowest BCUT2D eigenvalue weighted by molar-refractivity contribution is 0.0936. The summed E-state index contributed by atoms with van der Waals surface area (Å²) in [6.45, 7) is 2.70. The first-order valence-electron chi connectivity index (χ1n) is 8.11. The van der Waals surface area contributed by atoms with E-state index >= 15 is 0 Å². The highest BCUT2D eigenvalue weighted by Crippen LogP contribution is 2.14. The zero-order chi connectivity index (χ0) is 16.8. The lowest BCUT2D eigenvalue weighted by Gasteiger charge is -2.16. The molecule has 0 fully saturated rings. The topological polar surface area (TPSA) is 46.9 Å². The standard InChI is InChI=1S/C20H21N3O/c1-16(14-23-12-11-21-15-23)22-20(24)19-10-6-5-9-18(19)13-17-7-3-2-4-8-17/h2-12,15-16H,13-14H2,1H3,(H,22,24)/t16-/m0/s1. The summed E-state index contributed by atoms with van der Waals surface area (Å²) < 4.78 is 1.96. The minimum absolute atomic E-state index is 0.0245. The van der Waals surface area contributed by atoms with Crippen molar-refractivity contribution in [2.24, 2.45) is 0 Å². The van der Waals surface area contributed by atoms with Crippen LogP contribution >= 0.6 is 0 Å². The number of amides is 1. The summed E-state index contributed by atoms with van der Waals surface area (Å²) in [5.74, 6) is -0.0332. The first kappa shape index (κ1) is 16.0. The number of nitrogens with one attached hydrogen (secondary N) is 1. The van der Waals surface area contributed by atoms with Gasteiger partial charge >= 0.3 is 0 Å². The fraction of sp³-hybridized carbons (Fsp3) is 0.200. The summed E-state index contributed by atoms with van der Waals surface area (Å²) in [4.78, 5) is 16.7. The predicted octanol–water partition coefficient (Wildman–Crippen LogP) is 3.29. The molecule has 1 N–H and O–H groups in total. The molecule has 0 bridgehead atoms. The Labute approximate surface area is 142 Å². The van der Waals surface area contributed by atoms with E-state index in [2.05, 4.69) is 22.4 Å². The van der Waals surface area contributed by atoms with Crippen LogP contribution in [0.3, 0.4) is 0 Å². The van der Waals surface area contributed by atoms with Gasteiger partial charge in [-0.1, -0.05) is 48.5 Å². The van der Waals surface area contributed by atoms with Gasteiger partial charge in [-0.3, -0.25) is 4.79 Å². The molecule has 0 aliphatic heterocycles. The van der Waals surface area contributed by atoms with Gasteiger partial charge in [0.25, 0.3) is 5.91 Å². The number of rotatable bonds is 6. The molecular formula is C20H21N3O. The van der Waals surface area contributed by atoms with Gasteiger partial charge in [-0.2, -0.15) is 0 Å². The highest BCUT2D eigenvalue weighted by Gasteiger charge is 2.14. The Balaban J connectivity index is 1.70. The fourth-order valence-electron chi connectivity index (χ4n) is 2.77. The lowest BCUT2D eigenvalue weighted by Crippen LogP contribution is -2.36. The summed E-state index contributed by atoms with van der Waals surface area (Å²) in [7, 11) is 0. The quantitative estimate of drug-likeness (QED) is 0.758. The first-order chi connectivity index (χ1) is 11.7. The number of nitrogens with zero attached hydrogens (tertiary/aromatic N) is 2. The Hall–Kier alpha value is -2.88. The van der Waals surface area contributed by atoms with Gasteiger partial charge in [-0.05, 0) is 30.5 Å². The van der Waals surface area contributed by atoms with Gasteiger partial charge in [0.15, 0.2) is 0 Å². The Morgan fingerprint density at radius 3 is 2.62 bits per heavy atom. The van der Waals surface area contributed by atoms with Crippen LogP contribution in [-0.4, -0.2) is 21.5 Å². The Bertz CT molecular complexity index is 782. The summed E-state index contributed by atoms with van der Waals surface area (Å²) >= 11 is 0. The van der Waals surface area contributed by atoms with Crippen molar-refractivity contribution in [2.45, 2.75) is 25.9 Å². The van der Waals surface area contributed by atoms with E-state index in [1.165, 1.54) is 5.56 Å². The minimum atomic E-state index is -0.0332. The fourth-order valence-corrected chi connectivity index (χ4v) is 2.77. The zero-order valence-corrected chi connectivity index (χ0v) is 13.7. The minimum Gasteiger partial charge on any atom is -0.348 e. The predicted molar refractivity (Wildman–Crippen MR) is 94.8 cm³/mol. The number of aromatic nitrogens is 2. The van der Waals surface area contributed by atoms with Crippen LogP contribution in [0.1, 0.15) is 28.4 Å². The molecule has 122 valence electrons. The van der Waals surface area contributed by atoms with Crippen molar-refractivity contribution in [3.05, 3.63) is 90.0 Å². The van der Waals surface area contributed by atoms with Crippen LogP contribution in [0.5, 0.6) is 0 Å². The molecule has 4 nitrogen and oxygen atoms in total. The molecule has 1 aromatic heterocycles. The molecule has 0 aliphatic carbocycles. The summed E-state index contributed by atoms with van der Waals surface area (Å²) in [5, 5.41) is 3.07. The number of imidazole rings is 1. The second kappa shape index (κ2) is 7.59. The smallest absolute Gasteiger partial charge is 0.251 e. The van der Waals surface area contributed by atoms with Crippen LogP contribution < -0.4 is 5.32 Å². The number of carbonyl (C=O) groups is 1. The number of benzene rings is 2. The summed E-state index contributed by atoms with van der Waals surface area (Å²) in [5.41, 5.74) is 2.97. The molecule has 3 aromatic rings. The first-order valence-corrected chi connectivity index (χ1v) is 8.11. The molecule has 24 heavy (non-hydrogen) atoms. The highest BCUT2D eigenvalue weighted by molar-refractivity contribution is 5.95. The van der Waals surface area contributed by atoms with Crippen LogP contribution in [-0.2, 0) is 13.0 Å². The van der Waals surface area contributed by atoms with Crippen molar-refractivity contribution < 1.29 is 4.79 Å². The van der Waals surface area contributed by atoms with Crippen LogP contribution in [0.4, 0.5) is 0 Å². The second-order valence-electron chi connectivity index (χ2n) is 5.95. The van der Waals surface area contributed by atoms with Crippen molar-refractivity contribution in [1.82, 2.24) is 14.9 Å². The van der Waals surface area contributed by atoms with E-state index in [0.717, 1.165) is 17.5 Å². The van der Waals surface area contributed by atoms with Crippen molar-refractivity contribution in [1.29, 1.82) is 0 Å². The van der Waals surface area contributed by atoms with Gasteiger partial charge in [-0.15, -0.1) is 0 Å². The molecule has 1 amide bonds. The number of hydrogen-bond acceptors (Lipinski definition) is 2. The third-order valence-electron chi connectivity index (χ3n) is 3.92. The van der Waals surface area contributed by atoms with E-state index in [0.29, 0.717) is 6.54 Å². The van der Waals surface area contributed by atoms with Gasteiger partial charge < -0.3 is 9.88 Å². The van der Waals surface area contributed by atoms with E-state index in [1.54, 1.807) is 12.5 Å². The zero-order valence-electron chi connectivity index (χ0n) is 13.7. The lowest BCUT2D eigenvalue weighted by atomic mass is 9.99. The van der Waals surface area contributed by atoms with Gasteiger partial charge in [0.1, 0.15) is 0 Å². The van der Waals surface area contributed by atoms with E-state index in [-0.39, 0.29) is 11.9 Å². The average Bonchev–Trinajstić information content (AvgIpc) is 3.09. The van der Waals surface area contributed by atoms with Crippen molar-refractivity contribution in [3.8, 4) is 0 Å². The monoisotopic (exact) mass is 319 g/mol. The summed E-state index contributed by atoms with van der Waals surface area (Å²) in [6.07, 6.45) is 6.14. The third-order valence-corrected chi connectivity index (χ3v) is 3.92. The van der Waals surface area contributed by atoms with E-state index < -0.39 is 0 Å². The molecule has 0 aliphatic rings. The van der Waals surface area contributed by atoms with Gasteiger partial charge in [0, 0.05) is 30.5 Å². The van der Waals surface area contributed by atoms with E-state index in [9.17, 15) is 4.79 Å². The SMILES string of the molecule is C[C@@H](Cn1ccnc1)NC(=O)c1ccccc1Cc1ccccc1. The van der Waals surface area contributed by atoms with Crippen LogP contribution in [0, 0.1) is 0 Å². The largest absolute Gasteiger partial charge is 0.348 e. The molecule has 0 unspecified atom stereocenters. The van der Waals surface area contributed by atoms with Gasteiger partial charge in [0.2, 0.25) is 0 Å². The van der Waals surface area contributed by atoms with E-state index in [1.807, 2.05) is 60.2 Å². The van der Waals surface area contributed by atoms with Crippen LogP contribution in [0.25, 0.3) is 0 Å². The van der Waals surface area contributed by atoms with E-state index in [4.69, 9.17) is 0 Å². The van der Waals surface area contributed by atoms with Crippen molar-refractivity contribution in [3.63, 3.8) is 0 Å². The normalized spacial score (nSPS) is 11.9. The maximum Gasteiger partial charge on any atom is 0.251 e. The molecule has 0 spiro atoms. The van der Waals surface area contributed by atoms with Gasteiger partial charge in [-0.25, -0.2) is 4.98 Å². The number of carbonyl (C=O) groups excluding carboxylic acids is 1. The maximum absolute atomic E-state index is 12.7. The third kappa shape index (κ3) is 4.10. The number of hydrogen-bond donors (Lipinski definition) is 1. The second-order valence-corrected chi connectivity index (χ2v) is 5.95. The molecule has 1 heterocycles. The molecule has 0 saturated heterocycles. The Morgan fingerprint density at radius 1 is 1.12 bits per heavy atom. The molecule has 3 rings (SSSR count). The molecule has 2 aromatic carbocycles. The van der Waals surface area contributed by atoms with Crippen molar-refractivity contribution >= 4 is 5.91 Å². The maximum atomic E-state index is 12.7. The average molecular weight is 319 g/mol. The molecule has 0 radical (unpaired) electrons. The van der Waals surface area contributed by atoms with Crippen molar-refractivity contribution in [2.75, 3.05) is 0 Å². The van der Waals surface area contributed by atoms with Crippen LogP contribution in [0.2, 0.25) is 0 Å². The van der Waals surface area contributed by atoms with Gasteiger partial charge in [0.05, 0.1) is 6.33 Å². The summed E-state index contributed by atoms with van der Waals surface area (Å²) in [6, 6.07) is 18.0. The molecule has 1 atom stereocenters. The Kier molecular flexibility index (Phi) is 5.06. The molecule has 0 saturated carbocycles. The molecular weight excluding hydrogens is 298 g/mol. The highest BCUT2D eigenvalue weighted by atomic mass is 16.1. The molecule has 4 heteroatoms.